The summed E-state index contributed by atoms with van der Waals surface area (Å²) in [5.74, 6) is -0.464. The Morgan fingerprint density at radius 1 is 1.41 bits per heavy atom. The van der Waals surface area contributed by atoms with Gasteiger partial charge >= 0.3 is 5.97 Å². The van der Waals surface area contributed by atoms with Crippen LogP contribution in [0.15, 0.2) is 23.3 Å². The number of carbonyl (C=O) groups is 1. The maximum Gasteiger partial charge on any atom is 0.356 e. The van der Waals surface area contributed by atoms with Gasteiger partial charge in [-0.15, -0.1) is 11.3 Å². The smallest absolute Gasteiger partial charge is 0.356 e. The van der Waals surface area contributed by atoms with Gasteiger partial charge in [0.2, 0.25) is 0 Å². The zero-order valence-electron chi connectivity index (χ0n) is 9.07. The largest absolute Gasteiger partial charge is 0.476 e. The molecule has 2 aromatic rings. The summed E-state index contributed by atoms with van der Waals surface area (Å²) in [6.45, 7) is 0.616. The van der Waals surface area contributed by atoms with E-state index in [1.165, 1.54) is 23.7 Å². The molecule has 0 radical (unpaired) electrons. The molecule has 17 heavy (non-hydrogen) atoms. The van der Waals surface area contributed by atoms with Gasteiger partial charge in [0.15, 0.2) is 5.69 Å². The summed E-state index contributed by atoms with van der Waals surface area (Å²) in [5, 5.41) is 10.7. The zero-order chi connectivity index (χ0) is 12.3. The molecular formula is C10H10N4O2S. The SMILES string of the molecule is CN(Cc1cscn1)c1cnc(C(=O)O)cn1. The van der Waals surface area contributed by atoms with Gasteiger partial charge in [-0.05, 0) is 0 Å². The first kappa shape index (κ1) is 11.5. The molecule has 0 atom stereocenters. The van der Waals surface area contributed by atoms with Crippen molar-refractivity contribution in [1.82, 2.24) is 15.0 Å². The fraction of sp³-hybridized carbons (Fsp3) is 0.200. The normalized spacial score (nSPS) is 10.2. The lowest BCUT2D eigenvalue weighted by Gasteiger charge is -2.15. The maximum absolute atomic E-state index is 10.6. The molecule has 0 aliphatic heterocycles. The van der Waals surface area contributed by atoms with Crippen LogP contribution in [0.5, 0.6) is 0 Å². The number of hydrogen-bond donors (Lipinski definition) is 1. The molecule has 6 nitrogen and oxygen atoms in total. The molecule has 0 spiro atoms. The number of hydrogen-bond acceptors (Lipinski definition) is 6. The monoisotopic (exact) mass is 250 g/mol. The lowest BCUT2D eigenvalue weighted by atomic mass is 10.4. The molecule has 0 aliphatic carbocycles. The summed E-state index contributed by atoms with van der Waals surface area (Å²) in [6.07, 6.45) is 2.69. The van der Waals surface area contributed by atoms with E-state index in [4.69, 9.17) is 5.11 Å². The molecular weight excluding hydrogens is 240 g/mol. The van der Waals surface area contributed by atoms with Crippen molar-refractivity contribution in [2.75, 3.05) is 11.9 Å². The van der Waals surface area contributed by atoms with Gasteiger partial charge < -0.3 is 10.0 Å². The van der Waals surface area contributed by atoms with Crippen molar-refractivity contribution in [2.45, 2.75) is 6.54 Å². The molecule has 0 saturated carbocycles. The third-order valence-electron chi connectivity index (χ3n) is 2.13. The molecule has 2 aromatic heterocycles. The highest BCUT2D eigenvalue weighted by atomic mass is 32.1. The number of aromatic carboxylic acids is 1. The Hall–Kier alpha value is -2.02. The molecule has 0 aliphatic rings. The highest BCUT2D eigenvalue weighted by molar-refractivity contribution is 7.07. The first-order chi connectivity index (χ1) is 8.16. The molecule has 0 saturated heterocycles. The summed E-state index contributed by atoms with van der Waals surface area (Å²) in [5.41, 5.74) is 2.65. The Morgan fingerprint density at radius 3 is 2.76 bits per heavy atom. The molecule has 0 unspecified atom stereocenters. The van der Waals surface area contributed by atoms with Crippen LogP contribution in [-0.4, -0.2) is 33.1 Å². The topological polar surface area (TPSA) is 79.2 Å². The summed E-state index contributed by atoms with van der Waals surface area (Å²) >= 11 is 1.53. The third kappa shape index (κ3) is 2.76. The van der Waals surface area contributed by atoms with E-state index in [9.17, 15) is 4.79 Å². The van der Waals surface area contributed by atoms with Crippen molar-refractivity contribution in [3.63, 3.8) is 0 Å². The number of carboxylic acids is 1. The Kier molecular flexibility index (Phi) is 3.29. The lowest BCUT2D eigenvalue weighted by Crippen LogP contribution is -2.18. The molecule has 88 valence electrons. The van der Waals surface area contributed by atoms with E-state index in [2.05, 4.69) is 15.0 Å². The Balaban J connectivity index is 2.09. The van der Waals surface area contributed by atoms with Crippen molar-refractivity contribution < 1.29 is 9.90 Å². The van der Waals surface area contributed by atoms with Crippen LogP contribution >= 0.6 is 11.3 Å². The van der Waals surface area contributed by atoms with Gasteiger partial charge in [-0.25, -0.2) is 19.7 Å². The Labute approximate surface area is 102 Å². The van der Waals surface area contributed by atoms with Crippen LogP contribution in [0.3, 0.4) is 0 Å². The van der Waals surface area contributed by atoms with Gasteiger partial charge in [0.05, 0.1) is 30.1 Å². The van der Waals surface area contributed by atoms with E-state index in [1.54, 1.807) is 5.51 Å². The average Bonchev–Trinajstić information content (AvgIpc) is 2.82. The summed E-state index contributed by atoms with van der Waals surface area (Å²) in [4.78, 5) is 24.5. The van der Waals surface area contributed by atoms with Crippen LogP contribution < -0.4 is 4.90 Å². The maximum atomic E-state index is 10.6. The average molecular weight is 250 g/mol. The highest BCUT2D eigenvalue weighted by Crippen LogP contribution is 2.11. The molecule has 1 N–H and O–H groups in total. The lowest BCUT2D eigenvalue weighted by molar-refractivity contribution is 0.0690. The van der Waals surface area contributed by atoms with Gasteiger partial charge in [0.25, 0.3) is 0 Å². The van der Waals surface area contributed by atoms with Gasteiger partial charge in [-0.1, -0.05) is 0 Å². The second-order valence-corrected chi connectivity index (χ2v) is 4.12. The molecule has 0 fully saturated rings. The van der Waals surface area contributed by atoms with Crippen LogP contribution in [0.4, 0.5) is 5.82 Å². The molecule has 7 heteroatoms. The number of carboxylic acid groups (broad SMARTS) is 1. The predicted octanol–water partition coefficient (Wildman–Crippen LogP) is 1.27. The van der Waals surface area contributed by atoms with Crippen LogP contribution in [0.25, 0.3) is 0 Å². The number of aromatic nitrogens is 3. The number of anilines is 1. The number of rotatable bonds is 4. The van der Waals surface area contributed by atoms with E-state index in [0.717, 1.165) is 5.69 Å². The minimum Gasteiger partial charge on any atom is -0.476 e. The van der Waals surface area contributed by atoms with Crippen LogP contribution in [-0.2, 0) is 6.54 Å². The van der Waals surface area contributed by atoms with Crippen molar-refractivity contribution in [3.8, 4) is 0 Å². The third-order valence-corrected chi connectivity index (χ3v) is 2.77. The second kappa shape index (κ2) is 4.88. The Morgan fingerprint density at radius 2 is 2.24 bits per heavy atom. The fourth-order valence-electron chi connectivity index (χ4n) is 1.27. The minimum atomic E-state index is -1.08. The molecule has 2 rings (SSSR count). The molecule has 0 bridgehead atoms. The highest BCUT2D eigenvalue weighted by Gasteiger charge is 2.08. The summed E-state index contributed by atoms with van der Waals surface area (Å²) < 4.78 is 0. The first-order valence-electron chi connectivity index (χ1n) is 4.80. The number of nitrogens with zero attached hydrogens (tertiary/aromatic N) is 4. The van der Waals surface area contributed by atoms with Crippen molar-refractivity contribution >= 4 is 23.1 Å². The molecule has 0 aromatic carbocycles. The van der Waals surface area contributed by atoms with Gasteiger partial charge in [-0.2, -0.15) is 0 Å². The van der Waals surface area contributed by atoms with Crippen LogP contribution in [0.2, 0.25) is 0 Å². The quantitative estimate of drug-likeness (QED) is 0.880. The van der Waals surface area contributed by atoms with Gasteiger partial charge in [0.1, 0.15) is 5.82 Å². The summed E-state index contributed by atoms with van der Waals surface area (Å²) in [7, 11) is 1.85. The van der Waals surface area contributed by atoms with E-state index in [-0.39, 0.29) is 5.69 Å². The van der Waals surface area contributed by atoms with E-state index >= 15 is 0 Å². The predicted molar refractivity (Wildman–Crippen MR) is 63.2 cm³/mol. The second-order valence-electron chi connectivity index (χ2n) is 3.40. The Bertz CT molecular complexity index is 498. The van der Waals surface area contributed by atoms with Crippen molar-refractivity contribution in [2.24, 2.45) is 0 Å². The van der Waals surface area contributed by atoms with E-state index in [1.807, 2.05) is 17.3 Å². The zero-order valence-corrected chi connectivity index (χ0v) is 9.89. The molecule has 0 amide bonds. The standard InChI is InChI=1S/C10H10N4O2S/c1-14(4-7-5-17-6-13-7)9-3-11-8(2-12-9)10(15)16/h2-3,5-6H,4H2,1H3,(H,15,16). The van der Waals surface area contributed by atoms with E-state index in [0.29, 0.717) is 12.4 Å². The van der Waals surface area contributed by atoms with Crippen molar-refractivity contribution in [1.29, 1.82) is 0 Å². The molecule has 2 heterocycles. The van der Waals surface area contributed by atoms with Crippen LogP contribution in [0, 0.1) is 0 Å². The number of thiazole rings is 1. The van der Waals surface area contributed by atoms with Gasteiger partial charge in [0, 0.05) is 12.4 Å². The fourth-order valence-corrected chi connectivity index (χ4v) is 1.82. The van der Waals surface area contributed by atoms with Crippen LogP contribution in [0.1, 0.15) is 16.2 Å². The van der Waals surface area contributed by atoms with Gasteiger partial charge in [-0.3, -0.25) is 0 Å². The minimum absolute atomic E-state index is 0.0594. The first-order valence-corrected chi connectivity index (χ1v) is 5.74. The van der Waals surface area contributed by atoms with Crippen molar-refractivity contribution in [3.05, 3.63) is 34.7 Å². The summed E-state index contributed by atoms with van der Waals surface area (Å²) in [6, 6.07) is 0. The van der Waals surface area contributed by atoms with E-state index < -0.39 is 5.97 Å².